The summed E-state index contributed by atoms with van der Waals surface area (Å²) in [5.41, 5.74) is 0. The molecule has 0 aliphatic carbocycles. The molecule has 0 aromatic carbocycles. The molecule has 0 saturated carbocycles. The highest BCUT2D eigenvalue weighted by Gasteiger charge is 2.33. The van der Waals surface area contributed by atoms with Crippen LogP contribution in [0.25, 0.3) is 0 Å². The molecule has 0 spiro atoms. The summed E-state index contributed by atoms with van der Waals surface area (Å²) in [5.74, 6) is 1.34. The van der Waals surface area contributed by atoms with Crippen LogP contribution in [0.4, 0.5) is 0 Å². The molecule has 1 amide bonds. The van der Waals surface area contributed by atoms with E-state index in [9.17, 15) is 4.79 Å². The summed E-state index contributed by atoms with van der Waals surface area (Å²) in [7, 11) is 1.86. The maximum absolute atomic E-state index is 11.9. The number of likely N-dealkylation sites (N-methyl/N-ethyl adjacent to an activating group) is 1. The van der Waals surface area contributed by atoms with Crippen LogP contribution in [-0.2, 0) is 4.79 Å². The van der Waals surface area contributed by atoms with Crippen molar-refractivity contribution in [2.24, 2.45) is 0 Å². The smallest absolute Gasteiger partial charge is 0.240 e. The molecule has 82 valence electrons. The van der Waals surface area contributed by atoms with E-state index in [1.165, 1.54) is 0 Å². The molecule has 0 aromatic rings. The molecule has 2 atom stereocenters. The van der Waals surface area contributed by atoms with Crippen LogP contribution in [0.2, 0.25) is 0 Å². The summed E-state index contributed by atoms with van der Waals surface area (Å²) in [5, 5.41) is 3.07. The van der Waals surface area contributed by atoms with Crippen molar-refractivity contribution < 1.29 is 4.79 Å². The second-order valence-corrected chi connectivity index (χ2v) is 4.59. The third-order valence-electron chi connectivity index (χ3n) is 2.86. The zero-order chi connectivity index (χ0) is 10.6. The van der Waals surface area contributed by atoms with Crippen LogP contribution in [0.1, 0.15) is 19.8 Å². The van der Waals surface area contributed by atoms with Gasteiger partial charge in [0.1, 0.15) is 0 Å². The van der Waals surface area contributed by atoms with E-state index in [1.54, 1.807) is 0 Å². The SMILES string of the molecule is CCC(CSC)N1CCC(NC)C1=O. The molecule has 14 heavy (non-hydrogen) atoms. The lowest BCUT2D eigenvalue weighted by Crippen LogP contribution is -2.42. The number of likely N-dealkylation sites (tertiary alicyclic amines) is 1. The highest BCUT2D eigenvalue weighted by molar-refractivity contribution is 7.98. The lowest BCUT2D eigenvalue weighted by molar-refractivity contribution is -0.130. The number of hydrogen-bond acceptors (Lipinski definition) is 3. The lowest BCUT2D eigenvalue weighted by atomic mass is 10.2. The first-order valence-electron chi connectivity index (χ1n) is 5.21. The minimum atomic E-state index is 0.0610. The lowest BCUT2D eigenvalue weighted by Gasteiger charge is -2.26. The van der Waals surface area contributed by atoms with Gasteiger partial charge in [-0.25, -0.2) is 0 Å². The van der Waals surface area contributed by atoms with E-state index >= 15 is 0 Å². The van der Waals surface area contributed by atoms with Crippen molar-refractivity contribution in [3.8, 4) is 0 Å². The van der Waals surface area contributed by atoms with Crippen LogP contribution in [0, 0.1) is 0 Å². The van der Waals surface area contributed by atoms with E-state index in [0.717, 1.165) is 25.1 Å². The average molecular weight is 216 g/mol. The van der Waals surface area contributed by atoms with E-state index in [4.69, 9.17) is 0 Å². The molecular formula is C10H20N2OS. The van der Waals surface area contributed by atoms with E-state index in [0.29, 0.717) is 6.04 Å². The first kappa shape index (κ1) is 11.9. The van der Waals surface area contributed by atoms with Gasteiger partial charge in [-0.3, -0.25) is 4.79 Å². The Labute approximate surface area is 90.6 Å². The van der Waals surface area contributed by atoms with Crippen molar-refractivity contribution in [2.45, 2.75) is 31.8 Å². The molecule has 0 aromatic heterocycles. The molecule has 1 heterocycles. The maximum Gasteiger partial charge on any atom is 0.240 e. The fraction of sp³-hybridized carbons (Fsp3) is 0.900. The highest BCUT2D eigenvalue weighted by atomic mass is 32.2. The van der Waals surface area contributed by atoms with Gasteiger partial charge in [-0.15, -0.1) is 0 Å². The van der Waals surface area contributed by atoms with Crippen molar-refractivity contribution in [3.63, 3.8) is 0 Å². The van der Waals surface area contributed by atoms with Gasteiger partial charge in [0, 0.05) is 18.3 Å². The zero-order valence-electron chi connectivity index (χ0n) is 9.25. The molecule has 1 rings (SSSR count). The normalized spacial score (nSPS) is 24.4. The van der Waals surface area contributed by atoms with Gasteiger partial charge in [-0.2, -0.15) is 11.8 Å². The van der Waals surface area contributed by atoms with E-state index in [2.05, 4.69) is 18.5 Å². The van der Waals surface area contributed by atoms with Crippen LogP contribution < -0.4 is 5.32 Å². The molecule has 1 saturated heterocycles. The molecule has 3 nitrogen and oxygen atoms in total. The Morgan fingerprint density at radius 2 is 2.43 bits per heavy atom. The Morgan fingerprint density at radius 3 is 2.86 bits per heavy atom. The molecule has 4 heteroatoms. The first-order chi connectivity index (χ1) is 6.74. The number of amides is 1. The number of carbonyl (C=O) groups excluding carboxylic acids is 1. The van der Waals surface area contributed by atoms with Gasteiger partial charge in [0.2, 0.25) is 5.91 Å². The summed E-state index contributed by atoms with van der Waals surface area (Å²) in [4.78, 5) is 13.9. The molecule has 0 bridgehead atoms. The summed E-state index contributed by atoms with van der Waals surface area (Å²) >= 11 is 1.82. The van der Waals surface area contributed by atoms with Crippen molar-refractivity contribution in [1.29, 1.82) is 0 Å². The Hall–Kier alpha value is -0.220. The van der Waals surface area contributed by atoms with Crippen molar-refractivity contribution >= 4 is 17.7 Å². The molecule has 2 unspecified atom stereocenters. The Kier molecular flexibility index (Phi) is 4.75. The Morgan fingerprint density at radius 1 is 1.71 bits per heavy atom. The minimum absolute atomic E-state index is 0.0610. The van der Waals surface area contributed by atoms with Crippen LogP contribution in [0.15, 0.2) is 0 Å². The third-order valence-corrected chi connectivity index (χ3v) is 3.58. The number of thioether (sulfide) groups is 1. The van der Waals surface area contributed by atoms with Gasteiger partial charge in [0.15, 0.2) is 0 Å². The molecule has 1 aliphatic rings. The summed E-state index contributed by atoms with van der Waals surface area (Å²) in [6.45, 7) is 3.07. The standard InChI is InChI=1S/C10H20N2OS/c1-4-8(7-14-3)12-6-5-9(11-2)10(12)13/h8-9,11H,4-7H2,1-3H3. The van der Waals surface area contributed by atoms with Gasteiger partial charge in [0.25, 0.3) is 0 Å². The molecule has 1 fully saturated rings. The second kappa shape index (κ2) is 5.61. The van der Waals surface area contributed by atoms with Gasteiger partial charge in [0.05, 0.1) is 6.04 Å². The number of nitrogens with zero attached hydrogens (tertiary/aromatic N) is 1. The molecule has 0 radical (unpaired) electrons. The van der Waals surface area contributed by atoms with Gasteiger partial charge < -0.3 is 10.2 Å². The predicted octanol–water partition coefficient (Wildman–Crippen LogP) is 0.948. The first-order valence-corrected chi connectivity index (χ1v) is 6.60. The molecule has 1 N–H and O–H groups in total. The Bertz CT molecular complexity index is 199. The fourth-order valence-electron chi connectivity index (χ4n) is 1.95. The van der Waals surface area contributed by atoms with Gasteiger partial charge >= 0.3 is 0 Å². The Balaban J connectivity index is 2.55. The largest absolute Gasteiger partial charge is 0.337 e. The van der Waals surface area contributed by atoms with Crippen LogP contribution in [0.5, 0.6) is 0 Å². The monoisotopic (exact) mass is 216 g/mol. The average Bonchev–Trinajstić information content (AvgIpc) is 2.56. The van der Waals surface area contributed by atoms with Crippen LogP contribution in [0.3, 0.4) is 0 Å². The van der Waals surface area contributed by atoms with E-state index in [1.807, 2.05) is 23.7 Å². The zero-order valence-corrected chi connectivity index (χ0v) is 10.1. The summed E-state index contributed by atoms with van der Waals surface area (Å²) in [6, 6.07) is 0.488. The molecule has 1 aliphatic heterocycles. The van der Waals surface area contributed by atoms with Crippen molar-refractivity contribution in [3.05, 3.63) is 0 Å². The highest BCUT2D eigenvalue weighted by Crippen LogP contribution is 2.18. The quantitative estimate of drug-likeness (QED) is 0.742. The van der Waals surface area contributed by atoms with Gasteiger partial charge in [-0.1, -0.05) is 6.92 Å². The van der Waals surface area contributed by atoms with Crippen LogP contribution >= 0.6 is 11.8 Å². The summed E-state index contributed by atoms with van der Waals surface area (Å²) in [6.07, 6.45) is 4.11. The molecular weight excluding hydrogens is 196 g/mol. The fourth-order valence-corrected chi connectivity index (χ4v) is 2.75. The topological polar surface area (TPSA) is 32.3 Å². The summed E-state index contributed by atoms with van der Waals surface area (Å²) < 4.78 is 0. The third kappa shape index (κ3) is 2.42. The predicted molar refractivity (Wildman–Crippen MR) is 61.6 cm³/mol. The van der Waals surface area contributed by atoms with E-state index < -0.39 is 0 Å². The van der Waals surface area contributed by atoms with Crippen LogP contribution in [-0.4, -0.2) is 48.5 Å². The number of nitrogens with one attached hydrogen (secondary N) is 1. The van der Waals surface area contributed by atoms with Crippen molar-refractivity contribution in [2.75, 3.05) is 25.6 Å². The number of carbonyl (C=O) groups is 1. The second-order valence-electron chi connectivity index (χ2n) is 3.68. The number of hydrogen-bond donors (Lipinski definition) is 1. The van der Waals surface area contributed by atoms with Crippen molar-refractivity contribution in [1.82, 2.24) is 10.2 Å². The maximum atomic E-state index is 11.9. The minimum Gasteiger partial charge on any atom is -0.337 e. The van der Waals surface area contributed by atoms with Gasteiger partial charge in [-0.05, 0) is 26.1 Å². The number of rotatable bonds is 5. The van der Waals surface area contributed by atoms with E-state index in [-0.39, 0.29) is 11.9 Å².